The maximum atomic E-state index is 12.6. The topological polar surface area (TPSA) is 135 Å². The predicted octanol–water partition coefficient (Wildman–Crippen LogP) is 3.65. The van der Waals surface area contributed by atoms with Crippen molar-refractivity contribution >= 4 is 40.0 Å². The fraction of sp³-hybridized carbons (Fsp3) is 0.600. The zero-order valence-corrected chi connectivity index (χ0v) is 24.2. The molecule has 12 heteroatoms. The number of amides is 3. The molecular formula is C25H39BrN4O7. The molecule has 208 valence electrons. The van der Waals surface area contributed by atoms with Crippen LogP contribution in [-0.2, 0) is 30.4 Å². The SMILES string of the molecule is CN(CC(=O)OCc1ccccc1Br)NC(=O)C[C@H](CCNC(=O)OC(C)(C)C)NC(=O)OC(C)(C)C. The number of nitrogens with zero attached hydrogens (tertiary/aromatic N) is 1. The molecule has 0 heterocycles. The van der Waals surface area contributed by atoms with Gasteiger partial charge in [0.1, 0.15) is 24.4 Å². The molecule has 0 aliphatic carbocycles. The van der Waals surface area contributed by atoms with Gasteiger partial charge in [0.2, 0.25) is 5.91 Å². The van der Waals surface area contributed by atoms with Crippen LogP contribution in [0, 0.1) is 0 Å². The van der Waals surface area contributed by atoms with E-state index < -0.39 is 41.3 Å². The van der Waals surface area contributed by atoms with Gasteiger partial charge in [-0.1, -0.05) is 34.1 Å². The van der Waals surface area contributed by atoms with Crippen molar-refractivity contribution in [3.8, 4) is 0 Å². The minimum atomic E-state index is -0.721. The van der Waals surface area contributed by atoms with Gasteiger partial charge in [0, 0.05) is 36.1 Å². The molecule has 1 aromatic rings. The zero-order chi connectivity index (χ0) is 28.2. The normalized spacial score (nSPS) is 12.4. The summed E-state index contributed by atoms with van der Waals surface area (Å²) in [7, 11) is 1.53. The summed E-state index contributed by atoms with van der Waals surface area (Å²) >= 11 is 3.40. The number of carbonyl (C=O) groups excluding carboxylic acids is 4. The van der Waals surface area contributed by atoms with E-state index >= 15 is 0 Å². The van der Waals surface area contributed by atoms with Gasteiger partial charge < -0.3 is 24.8 Å². The molecule has 0 saturated carbocycles. The Labute approximate surface area is 227 Å². The first kappa shape index (κ1) is 32.2. The lowest BCUT2D eigenvalue weighted by Gasteiger charge is -2.25. The van der Waals surface area contributed by atoms with E-state index in [4.69, 9.17) is 14.2 Å². The Balaban J connectivity index is 2.60. The number of carbonyl (C=O) groups is 4. The number of ether oxygens (including phenoxy) is 3. The number of hydrogen-bond donors (Lipinski definition) is 3. The van der Waals surface area contributed by atoms with Crippen molar-refractivity contribution in [1.82, 2.24) is 21.1 Å². The molecule has 0 saturated heterocycles. The molecule has 37 heavy (non-hydrogen) atoms. The molecule has 3 N–H and O–H groups in total. The Bertz CT molecular complexity index is 928. The first-order chi connectivity index (χ1) is 17.0. The standard InChI is InChI=1S/C25H39BrN4O7/c1-24(2,3)36-22(33)27-13-12-18(28-23(34)37-25(4,5)6)14-20(31)29-30(7)15-21(32)35-16-17-10-8-9-11-19(17)26/h8-11,18H,12-16H2,1-7H3,(H,27,33)(H,28,34)(H,29,31)/t18-/m0/s1. The Morgan fingerprint density at radius 1 is 0.973 bits per heavy atom. The molecule has 0 aromatic heterocycles. The number of halogens is 1. The van der Waals surface area contributed by atoms with E-state index in [1.807, 2.05) is 24.3 Å². The second-order valence-corrected chi connectivity index (χ2v) is 11.3. The quantitative estimate of drug-likeness (QED) is 0.203. The first-order valence-electron chi connectivity index (χ1n) is 11.9. The van der Waals surface area contributed by atoms with E-state index in [0.717, 1.165) is 10.0 Å². The number of hydrazine groups is 1. The van der Waals surface area contributed by atoms with Crippen molar-refractivity contribution in [2.75, 3.05) is 20.1 Å². The third-order valence-corrected chi connectivity index (χ3v) is 5.12. The highest BCUT2D eigenvalue weighted by Gasteiger charge is 2.23. The molecule has 1 aromatic carbocycles. The summed E-state index contributed by atoms with van der Waals surface area (Å²) < 4.78 is 16.6. The van der Waals surface area contributed by atoms with E-state index in [1.54, 1.807) is 41.5 Å². The summed E-state index contributed by atoms with van der Waals surface area (Å²) in [5.74, 6) is -0.969. The van der Waals surface area contributed by atoms with Gasteiger partial charge in [0.15, 0.2) is 0 Å². The second-order valence-electron chi connectivity index (χ2n) is 10.4. The maximum Gasteiger partial charge on any atom is 0.407 e. The van der Waals surface area contributed by atoms with E-state index in [1.165, 1.54) is 12.1 Å². The van der Waals surface area contributed by atoms with Crippen molar-refractivity contribution < 1.29 is 33.4 Å². The van der Waals surface area contributed by atoms with Crippen LogP contribution in [0.1, 0.15) is 59.9 Å². The summed E-state index contributed by atoms with van der Waals surface area (Å²) in [4.78, 5) is 48.9. The molecule has 0 spiro atoms. The van der Waals surface area contributed by atoms with E-state index in [9.17, 15) is 19.2 Å². The average Bonchev–Trinajstić information content (AvgIpc) is 2.70. The minimum Gasteiger partial charge on any atom is -0.460 e. The molecular weight excluding hydrogens is 548 g/mol. The van der Waals surface area contributed by atoms with Crippen molar-refractivity contribution in [2.45, 2.75) is 78.2 Å². The number of likely N-dealkylation sites (N-methyl/N-ethyl adjacent to an activating group) is 1. The highest BCUT2D eigenvalue weighted by atomic mass is 79.9. The fourth-order valence-electron chi connectivity index (χ4n) is 2.90. The molecule has 1 atom stereocenters. The van der Waals surface area contributed by atoms with Crippen LogP contribution in [0.4, 0.5) is 9.59 Å². The number of hydrogen-bond acceptors (Lipinski definition) is 8. The smallest absolute Gasteiger partial charge is 0.407 e. The zero-order valence-electron chi connectivity index (χ0n) is 22.6. The third-order valence-electron chi connectivity index (χ3n) is 4.34. The summed E-state index contributed by atoms with van der Waals surface area (Å²) in [6.07, 6.45) is -1.17. The van der Waals surface area contributed by atoms with Gasteiger partial charge in [-0.2, -0.15) is 0 Å². The Morgan fingerprint density at radius 2 is 1.57 bits per heavy atom. The number of alkyl carbamates (subject to hydrolysis) is 2. The number of esters is 1. The lowest BCUT2D eigenvalue weighted by atomic mass is 10.1. The second kappa shape index (κ2) is 14.8. The predicted molar refractivity (Wildman–Crippen MR) is 141 cm³/mol. The molecule has 0 fully saturated rings. The lowest BCUT2D eigenvalue weighted by Crippen LogP contribution is -2.47. The van der Waals surface area contributed by atoms with Gasteiger partial charge in [0.25, 0.3) is 0 Å². The van der Waals surface area contributed by atoms with Crippen molar-refractivity contribution in [3.63, 3.8) is 0 Å². The molecule has 0 radical (unpaired) electrons. The number of benzene rings is 1. The minimum absolute atomic E-state index is 0.0918. The Hall–Kier alpha value is -2.86. The molecule has 0 bridgehead atoms. The molecule has 0 aliphatic heterocycles. The molecule has 1 rings (SSSR count). The van der Waals surface area contributed by atoms with Gasteiger partial charge in [-0.15, -0.1) is 0 Å². The lowest BCUT2D eigenvalue weighted by molar-refractivity contribution is -0.147. The summed E-state index contributed by atoms with van der Waals surface area (Å²) in [6.45, 7) is 10.5. The third kappa shape index (κ3) is 15.8. The van der Waals surface area contributed by atoms with Crippen molar-refractivity contribution in [2.24, 2.45) is 0 Å². The van der Waals surface area contributed by atoms with Crippen LogP contribution in [0.2, 0.25) is 0 Å². The van der Waals surface area contributed by atoms with Crippen molar-refractivity contribution in [1.29, 1.82) is 0 Å². The highest BCUT2D eigenvalue weighted by Crippen LogP contribution is 2.16. The number of rotatable bonds is 11. The summed E-state index contributed by atoms with van der Waals surface area (Å²) in [5.41, 5.74) is 2.03. The van der Waals surface area contributed by atoms with Gasteiger partial charge in [-0.25, -0.2) is 14.6 Å². The van der Waals surface area contributed by atoms with Crippen LogP contribution in [0.15, 0.2) is 28.7 Å². The summed E-state index contributed by atoms with van der Waals surface area (Å²) in [5, 5.41) is 6.56. The summed E-state index contributed by atoms with van der Waals surface area (Å²) in [6, 6.07) is 6.72. The van der Waals surface area contributed by atoms with Gasteiger partial charge in [-0.05, 0) is 54.0 Å². The van der Waals surface area contributed by atoms with Gasteiger partial charge >= 0.3 is 18.2 Å². The largest absolute Gasteiger partial charge is 0.460 e. The Kier molecular flexibility index (Phi) is 12.8. The van der Waals surface area contributed by atoms with Crippen LogP contribution in [0.5, 0.6) is 0 Å². The van der Waals surface area contributed by atoms with Crippen molar-refractivity contribution in [3.05, 3.63) is 34.3 Å². The Morgan fingerprint density at radius 3 is 2.16 bits per heavy atom. The van der Waals surface area contributed by atoms with Crippen LogP contribution in [0.25, 0.3) is 0 Å². The average molecular weight is 588 g/mol. The van der Waals surface area contributed by atoms with Crippen LogP contribution in [0.3, 0.4) is 0 Å². The highest BCUT2D eigenvalue weighted by molar-refractivity contribution is 9.10. The van der Waals surface area contributed by atoms with E-state index in [-0.39, 0.29) is 32.5 Å². The first-order valence-corrected chi connectivity index (χ1v) is 12.7. The van der Waals surface area contributed by atoms with E-state index in [0.29, 0.717) is 0 Å². The number of nitrogens with one attached hydrogen (secondary N) is 3. The van der Waals surface area contributed by atoms with Crippen LogP contribution < -0.4 is 16.1 Å². The molecule has 11 nitrogen and oxygen atoms in total. The fourth-order valence-corrected chi connectivity index (χ4v) is 3.30. The maximum absolute atomic E-state index is 12.6. The van der Waals surface area contributed by atoms with Gasteiger partial charge in [-0.3, -0.25) is 15.0 Å². The van der Waals surface area contributed by atoms with E-state index in [2.05, 4.69) is 32.0 Å². The molecule has 0 unspecified atom stereocenters. The molecule has 3 amide bonds. The molecule has 0 aliphatic rings. The van der Waals surface area contributed by atoms with Crippen LogP contribution >= 0.6 is 15.9 Å². The van der Waals surface area contributed by atoms with Gasteiger partial charge in [0.05, 0.1) is 0 Å². The monoisotopic (exact) mass is 586 g/mol. The van der Waals surface area contributed by atoms with Crippen LogP contribution in [-0.4, -0.2) is 66.5 Å².